The normalized spacial score (nSPS) is 13.3. The van der Waals surface area contributed by atoms with Gasteiger partial charge in [-0.2, -0.15) is 0 Å². The Kier molecular flexibility index (Phi) is 6.94. The van der Waals surface area contributed by atoms with Gasteiger partial charge in [-0.25, -0.2) is 0 Å². The monoisotopic (exact) mass is 398 g/mol. The highest BCUT2D eigenvalue weighted by Crippen LogP contribution is 2.27. The molecule has 1 N–H and O–H groups in total. The van der Waals surface area contributed by atoms with Gasteiger partial charge in [0, 0.05) is 25.2 Å². The molecule has 2 aromatic carbocycles. The van der Waals surface area contributed by atoms with E-state index < -0.39 is 0 Å². The van der Waals surface area contributed by atoms with Crippen molar-refractivity contribution in [3.8, 4) is 17.2 Å². The molecule has 2 aromatic rings. The van der Waals surface area contributed by atoms with E-state index >= 15 is 0 Å². The number of ether oxygens (including phenoxy) is 3. The fourth-order valence-corrected chi connectivity index (χ4v) is 3.23. The number of carbonyl (C=O) groups is 2. The highest BCUT2D eigenvalue weighted by atomic mass is 16.5. The summed E-state index contributed by atoms with van der Waals surface area (Å²) >= 11 is 0. The van der Waals surface area contributed by atoms with E-state index in [0.29, 0.717) is 36.6 Å². The van der Waals surface area contributed by atoms with Crippen molar-refractivity contribution in [2.24, 2.45) is 0 Å². The lowest BCUT2D eigenvalue weighted by atomic mass is 10.1. The minimum atomic E-state index is -0.190. The van der Waals surface area contributed by atoms with Gasteiger partial charge in [0.05, 0.1) is 14.2 Å². The third-order valence-corrected chi connectivity index (χ3v) is 4.78. The average Bonchev–Trinajstić information content (AvgIpc) is 3.18. The minimum Gasteiger partial charge on any atom is -0.493 e. The van der Waals surface area contributed by atoms with Crippen LogP contribution in [0.5, 0.6) is 17.2 Å². The molecular formula is C22H26N2O5. The molecule has 0 unspecified atom stereocenters. The quantitative estimate of drug-likeness (QED) is 0.703. The van der Waals surface area contributed by atoms with Crippen LogP contribution in [0.1, 0.15) is 18.4 Å². The molecule has 7 heteroatoms. The second-order valence-corrected chi connectivity index (χ2v) is 6.72. The van der Waals surface area contributed by atoms with E-state index in [1.165, 1.54) is 0 Å². The summed E-state index contributed by atoms with van der Waals surface area (Å²) in [6, 6.07) is 12.9. The predicted octanol–water partition coefficient (Wildman–Crippen LogP) is 2.57. The van der Waals surface area contributed by atoms with Crippen molar-refractivity contribution in [1.29, 1.82) is 0 Å². The van der Waals surface area contributed by atoms with Gasteiger partial charge in [0.1, 0.15) is 5.75 Å². The number of amides is 2. The smallest absolute Gasteiger partial charge is 0.257 e. The summed E-state index contributed by atoms with van der Waals surface area (Å²) in [5, 5.41) is 2.84. The topological polar surface area (TPSA) is 77.1 Å². The Morgan fingerprint density at radius 3 is 2.48 bits per heavy atom. The van der Waals surface area contributed by atoms with Crippen LogP contribution in [0.3, 0.4) is 0 Å². The molecule has 1 aliphatic rings. The standard InChI is InChI=1S/C22H26N2O5/c1-27-19-10-5-16(14-20(19)28-2)11-12-23-21(25)15-29-18-8-6-17(7-9-18)24-13-3-4-22(24)26/h5-10,14H,3-4,11-13,15H2,1-2H3,(H,23,25). The van der Waals surface area contributed by atoms with Crippen molar-refractivity contribution in [2.45, 2.75) is 19.3 Å². The van der Waals surface area contributed by atoms with Crippen LogP contribution in [0.4, 0.5) is 5.69 Å². The van der Waals surface area contributed by atoms with Gasteiger partial charge < -0.3 is 24.4 Å². The molecule has 29 heavy (non-hydrogen) atoms. The second-order valence-electron chi connectivity index (χ2n) is 6.72. The molecule has 7 nitrogen and oxygen atoms in total. The van der Waals surface area contributed by atoms with E-state index in [1.54, 1.807) is 31.3 Å². The third kappa shape index (κ3) is 5.40. The zero-order chi connectivity index (χ0) is 20.6. The molecule has 0 bridgehead atoms. The molecule has 1 heterocycles. The molecule has 0 radical (unpaired) electrons. The van der Waals surface area contributed by atoms with Gasteiger partial charge in [0.2, 0.25) is 5.91 Å². The summed E-state index contributed by atoms with van der Waals surface area (Å²) in [7, 11) is 3.19. The van der Waals surface area contributed by atoms with E-state index in [4.69, 9.17) is 14.2 Å². The van der Waals surface area contributed by atoms with Gasteiger partial charge in [-0.15, -0.1) is 0 Å². The largest absolute Gasteiger partial charge is 0.493 e. The summed E-state index contributed by atoms with van der Waals surface area (Å²) in [6.45, 7) is 1.18. The number of nitrogens with one attached hydrogen (secondary N) is 1. The maximum atomic E-state index is 12.0. The van der Waals surface area contributed by atoms with Crippen LogP contribution in [-0.4, -0.2) is 45.7 Å². The Balaban J connectivity index is 1.41. The minimum absolute atomic E-state index is 0.0616. The molecule has 1 saturated heterocycles. The van der Waals surface area contributed by atoms with Gasteiger partial charge in [-0.3, -0.25) is 9.59 Å². The SMILES string of the molecule is COc1ccc(CCNC(=O)COc2ccc(N3CCCC3=O)cc2)cc1OC. The van der Waals surface area contributed by atoms with Crippen molar-refractivity contribution < 1.29 is 23.8 Å². The summed E-state index contributed by atoms with van der Waals surface area (Å²) < 4.78 is 16.0. The number of anilines is 1. The van der Waals surface area contributed by atoms with Crippen LogP contribution >= 0.6 is 0 Å². The summed E-state index contributed by atoms with van der Waals surface area (Å²) in [6.07, 6.45) is 2.16. The van der Waals surface area contributed by atoms with Crippen molar-refractivity contribution in [3.63, 3.8) is 0 Å². The highest BCUT2D eigenvalue weighted by molar-refractivity contribution is 5.95. The van der Waals surface area contributed by atoms with E-state index in [9.17, 15) is 9.59 Å². The van der Waals surface area contributed by atoms with E-state index in [2.05, 4.69) is 5.32 Å². The number of methoxy groups -OCH3 is 2. The average molecular weight is 398 g/mol. The number of benzene rings is 2. The Morgan fingerprint density at radius 1 is 1.07 bits per heavy atom. The molecule has 0 spiro atoms. The van der Waals surface area contributed by atoms with Crippen molar-refractivity contribution in [1.82, 2.24) is 5.32 Å². The maximum Gasteiger partial charge on any atom is 0.257 e. The van der Waals surface area contributed by atoms with Gasteiger partial charge in [0.25, 0.3) is 5.91 Å². The number of hydrogen-bond acceptors (Lipinski definition) is 5. The first-order valence-corrected chi connectivity index (χ1v) is 9.61. The number of rotatable bonds is 9. The highest BCUT2D eigenvalue weighted by Gasteiger charge is 2.21. The molecule has 3 rings (SSSR count). The van der Waals surface area contributed by atoms with E-state index in [-0.39, 0.29) is 18.4 Å². The summed E-state index contributed by atoms with van der Waals surface area (Å²) in [4.78, 5) is 25.6. The maximum absolute atomic E-state index is 12.0. The predicted molar refractivity (Wildman–Crippen MR) is 110 cm³/mol. The molecule has 154 valence electrons. The van der Waals surface area contributed by atoms with Crippen LogP contribution in [-0.2, 0) is 16.0 Å². The van der Waals surface area contributed by atoms with Gasteiger partial charge >= 0.3 is 0 Å². The first kappa shape index (κ1) is 20.5. The summed E-state index contributed by atoms with van der Waals surface area (Å²) in [5.41, 5.74) is 1.90. The molecule has 0 aliphatic carbocycles. The van der Waals surface area contributed by atoms with Crippen LogP contribution in [0, 0.1) is 0 Å². The molecule has 0 atom stereocenters. The Bertz CT molecular complexity index is 851. The zero-order valence-corrected chi connectivity index (χ0v) is 16.8. The fraction of sp³-hybridized carbons (Fsp3) is 0.364. The molecule has 0 saturated carbocycles. The van der Waals surface area contributed by atoms with Gasteiger partial charge in [0.15, 0.2) is 18.1 Å². The fourth-order valence-electron chi connectivity index (χ4n) is 3.23. The van der Waals surface area contributed by atoms with E-state index in [1.807, 2.05) is 30.3 Å². The molecule has 0 aromatic heterocycles. The lowest BCUT2D eigenvalue weighted by Crippen LogP contribution is -2.30. The number of carbonyl (C=O) groups excluding carboxylic acids is 2. The Hall–Kier alpha value is -3.22. The Morgan fingerprint density at radius 2 is 1.83 bits per heavy atom. The second kappa shape index (κ2) is 9.82. The molecular weight excluding hydrogens is 372 g/mol. The first-order valence-electron chi connectivity index (χ1n) is 9.61. The molecule has 1 aliphatic heterocycles. The summed E-state index contributed by atoms with van der Waals surface area (Å²) in [5.74, 6) is 1.89. The van der Waals surface area contributed by atoms with Crippen LogP contribution in [0.25, 0.3) is 0 Å². The zero-order valence-electron chi connectivity index (χ0n) is 16.8. The molecule has 2 amide bonds. The van der Waals surface area contributed by atoms with Crippen molar-refractivity contribution >= 4 is 17.5 Å². The molecule has 1 fully saturated rings. The van der Waals surface area contributed by atoms with Gasteiger partial charge in [-0.05, 0) is 54.8 Å². The lowest BCUT2D eigenvalue weighted by Gasteiger charge is -2.16. The van der Waals surface area contributed by atoms with Crippen molar-refractivity contribution in [3.05, 3.63) is 48.0 Å². The third-order valence-electron chi connectivity index (χ3n) is 4.78. The van der Waals surface area contributed by atoms with E-state index in [0.717, 1.165) is 24.2 Å². The van der Waals surface area contributed by atoms with Crippen LogP contribution in [0.2, 0.25) is 0 Å². The first-order chi connectivity index (χ1) is 14.1. The number of nitrogens with zero attached hydrogens (tertiary/aromatic N) is 1. The van der Waals surface area contributed by atoms with Crippen LogP contribution in [0.15, 0.2) is 42.5 Å². The van der Waals surface area contributed by atoms with Crippen molar-refractivity contribution in [2.75, 3.05) is 38.8 Å². The number of hydrogen-bond donors (Lipinski definition) is 1. The Labute approximate surface area is 170 Å². The van der Waals surface area contributed by atoms with Gasteiger partial charge in [-0.1, -0.05) is 6.07 Å². The van der Waals surface area contributed by atoms with Crippen LogP contribution < -0.4 is 24.4 Å². The lowest BCUT2D eigenvalue weighted by molar-refractivity contribution is -0.123.